The standard InChI is InChI=1S/C10H18ClN3O/c1-7(2)5-6-14(4)10-13-12-9(15-10)8(3)11/h7-8H,5-6H2,1-4H3. The lowest BCUT2D eigenvalue weighted by molar-refractivity contribution is 0.481. The van der Waals surface area contributed by atoms with Crippen molar-refractivity contribution >= 4 is 17.6 Å². The van der Waals surface area contributed by atoms with Crippen molar-refractivity contribution in [1.82, 2.24) is 10.2 Å². The van der Waals surface area contributed by atoms with E-state index in [4.69, 9.17) is 16.0 Å². The zero-order valence-corrected chi connectivity index (χ0v) is 10.5. The summed E-state index contributed by atoms with van der Waals surface area (Å²) in [5.41, 5.74) is 0. The topological polar surface area (TPSA) is 42.2 Å². The SMILES string of the molecule is CC(C)CCN(C)c1nnc(C(C)Cl)o1. The number of anilines is 1. The van der Waals surface area contributed by atoms with Gasteiger partial charge >= 0.3 is 6.01 Å². The van der Waals surface area contributed by atoms with Crippen LogP contribution >= 0.6 is 11.6 Å². The van der Waals surface area contributed by atoms with E-state index in [9.17, 15) is 0 Å². The van der Waals surface area contributed by atoms with Gasteiger partial charge < -0.3 is 9.32 Å². The maximum atomic E-state index is 5.83. The molecule has 0 N–H and O–H groups in total. The highest BCUT2D eigenvalue weighted by molar-refractivity contribution is 6.20. The predicted molar refractivity (Wildman–Crippen MR) is 61.3 cm³/mol. The summed E-state index contributed by atoms with van der Waals surface area (Å²) in [6.45, 7) is 7.10. The van der Waals surface area contributed by atoms with Crippen molar-refractivity contribution in [2.45, 2.75) is 32.6 Å². The molecule has 1 unspecified atom stereocenters. The zero-order chi connectivity index (χ0) is 11.4. The summed E-state index contributed by atoms with van der Waals surface area (Å²) in [5, 5.41) is 7.58. The fraction of sp³-hybridized carbons (Fsp3) is 0.800. The molecule has 0 spiro atoms. The Balaban J connectivity index is 2.54. The van der Waals surface area contributed by atoms with Gasteiger partial charge in [0.25, 0.3) is 0 Å². The number of rotatable bonds is 5. The Bertz CT molecular complexity index is 299. The molecule has 86 valence electrons. The van der Waals surface area contributed by atoms with E-state index >= 15 is 0 Å². The minimum absolute atomic E-state index is 0.232. The van der Waals surface area contributed by atoms with E-state index in [1.165, 1.54) is 0 Å². The van der Waals surface area contributed by atoms with Crippen LogP contribution in [0.25, 0.3) is 0 Å². The quantitative estimate of drug-likeness (QED) is 0.731. The molecule has 1 heterocycles. The van der Waals surface area contributed by atoms with Crippen LogP contribution < -0.4 is 4.90 Å². The van der Waals surface area contributed by atoms with Crippen LogP contribution in [-0.2, 0) is 0 Å². The molecule has 5 heteroatoms. The van der Waals surface area contributed by atoms with E-state index in [1.54, 1.807) is 0 Å². The molecule has 1 rings (SSSR count). The fourth-order valence-corrected chi connectivity index (χ4v) is 1.18. The number of aromatic nitrogens is 2. The molecule has 1 aromatic heterocycles. The first kappa shape index (κ1) is 12.3. The summed E-state index contributed by atoms with van der Waals surface area (Å²) in [6.07, 6.45) is 1.10. The lowest BCUT2D eigenvalue weighted by Crippen LogP contribution is -2.20. The number of hydrogen-bond donors (Lipinski definition) is 0. The van der Waals surface area contributed by atoms with Gasteiger partial charge in [0.1, 0.15) is 5.38 Å². The molecule has 0 bridgehead atoms. The average Bonchev–Trinajstić information content (AvgIpc) is 2.62. The van der Waals surface area contributed by atoms with Gasteiger partial charge in [0.15, 0.2) is 0 Å². The summed E-state index contributed by atoms with van der Waals surface area (Å²) < 4.78 is 5.41. The highest BCUT2D eigenvalue weighted by Crippen LogP contribution is 2.21. The smallest absolute Gasteiger partial charge is 0.317 e. The molecule has 1 aromatic rings. The minimum Gasteiger partial charge on any atom is -0.406 e. The maximum absolute atomic E-state index is 5.83. The monoisotopic (exact) mass is 231 g/mol. The Labute approximate surface area is 95.6 Å². The molecule has 0 aliphatic carbocycles. The lowest BCUT2D eigenvalue weighted by Gasteiger charge is -2.14. The van der Waals surface area contributed by atoms with Crippen molar-refractivity contribution in [3.63, 3.8) is 0 Å². The van der Waals surface area contributed by atoms with Crippen molar-refractivity contribution in [3.8, 4) is 0 Å². The van der Waals surface area contributed by atoms with E-state index in [1.807, 2.05) is 18.9 Å². The summed E-state index contributed by atoms with van der Waals surface area (Å²) in [4.78, 5) is 1.95. The van der Waals surface area contributed by atoms with Gasteiger partial charge in [-0.25, -0.2) is 0 Å². The van der Waals surface area contributed by atoms with Crippen LogP contribution in [0, 0.1) is 5.92 Å². The van der Waals surface area contributed by atoms with Gasteiger partial charge in [-0.2, -0.15) is 0 Å². The third kappa shape index (κ3) is 3.70. The Hall–Kier alpha value is -0.770. The number of nitrogens with zero attached hydrogens (tertiary/aromatic N) is 3. The molecule has 0 saturated carbocycles. The molecule has 0 aliphatic heterocycles. The summed E-state index contributed by atoms with van der Waals surface area (Å²) in [7, 11) is 1.94. The minimum atomic E-state index is -0.232. The molecule has 0 amide bonds. The first-order valence-corrected chi connectivity index (χ1v) is 5.63. The molecule has 0 aliphatic rings. The van der Waals surface area contributed by atoms with Gasteiger partial charge in [0.2, 0.25) is 5.89 Å². The molecule has 0 radical (unpaired) electrons. The van der Waals surface area contributed by atoms with Crippen molar-refractivity contribution < 1.29 is 4.42 Å². The van der Waals surface area contributed by atoms with Crippen LogP contribution in [0.1, 0.15) is 38.5 Å². The molecule has 4 nitrogen and oxygen atoms in total. The normalized spacial score (nSPS) is 13.2. The van der Waals surface area contributed by atoms with Crippen molar-refractivity contribution in [1.29, 1.82) is 0 Å². The van der Waals surface area contributed by atoms with Gasteiger partial charge in [-0.1, -0.05) is 18.9 Å². The van der Waals surface area contributed by atoms with Crippen molar-refractivity contribution in [3.05, 3.63) is 5.89 Å². The van der Waals surface area contributed by atoms with Gasteiger partial charge in [0, 0.05) is 13.6 Å². The van der Waals surface area contributed by atoms with Gasteiger partial charge in [-0.15, -0.1) is 16.7 Å². The van der Waals surface area contributed by atoms with E-state index in [2.05, 4.69) is 24.0 Å². The number of hydrogen-bond acceptors (Lipinski definition) is 4. The number of halogens is 1. The average molecular weight is 232 g/mol. The first-order chi connectivity index (χ1) is 7.00. The Kier molecular flexibility index (Phi) is 4.39. The fourth-order valence-electron chi connectivity index (χ4n) is 1.09. The van der Waals surface area contributed by atoms with Crippen LogP contribution in [0.15, 0.2) is 4.42 Å². The first-order valence-electron chi connectivity index (χ1n) is 5.19. The maximum Gasteiger partial charge on any atom is 0.317 e. The van der Waals surface area contributed by atoms with Gasteiger partial charge in [-0.3, -0.25) is 0 Å². The molecular formula is C10H18ClN3O. The third-order valence-electron chi connectivity index (χ3n) is 2.14. The zero-order valence-electron chi connectivity index (χ0n) is 9.70. The van der Waals surface area contributed by atoms with E-state index in [0.29, 0.717) is 17.8 Å². The Morgan fingerprint density at radius 1 is 1.33 bits per heavy atom. The second-order valence-electron chi connectivity index (χ2n) is 4.14. The second-order valence-corrected chi connectivity index (χ2v) is 4.80. The van der Waals surface area contributed by atoms with Crippen molar-refractivity contribution in [2.75, 3.05) is 18.5 Å². The van der Waals surface area contributed by atoms with E-state index in [0.717, 1.165) is 13.0 Å². The van der Waals surface area contributed by atoms with Gasteiger partial charge in [-0.05, 0) is 19.3 Å². The molecule has 0 saturated heterocycles. The summed E-state index contributed by atoms with van der Waals surface area (Å²) in [5.74, 6) is 1.14. The number of alkyl halides is 1. The third-order valence-corrected chi connectivity index (χ3v) is 2.33. The van der Waals surface area contributed by atoms with Crippen LogP contribution in [0.3, 0.4) is 0 Å². The molecule has 0 aromatic carbocycles. The molecule has 0 fully saturated rings. The summed E-state index contributed by atoms with van der Waals surface area (Å²) >= 11 is 5.83. The predicted octanol–water partition coefficient (Wildman–Crippen LogP) is 2.85. The molecule has 1 atom stereocenters. The Morgan fingerprint density at radius 3 is 2.47 bits per heavy atom. The highest BCUT2D eigenvalue weighted by Gasteiger charge is 2.14. The lowest BCUT2D eigenvalue weighted by atomic mass is 10.1. The molecule has 15 heavy (non-hydrogen) atoms. The largest absolute Gasteiger partial charge is 0.406 e. The van der Waals surface area contributed by atoms with Crippen LogP contribution in [0.2, 0.25) is 0 Å². The van der Waals surface area contributed by atoms with Crippen molar-refractivity contribution in [2.24, 2.45) is 5.92 Å². The van der Waals surface area contributed by atoms with Crippen LogP contribution in [-0.4, -0.2) is 23.8 Å². The Morgan fingerprint density at radius 2 is 2.00 bits per heavy atom. The van der Waals surface area contributed by atoms with E-state index < -0.39 is 0 Å². The summed E-state index contributed by atoms with van der Waals surface area (Å²) in [6, 6.07) is 0.540. The molecular weight excluding hydrogens is 214 g/mol. The highest BCUT2D eigenvalue weighted by atomic mass is 35.5. The van der Waals surface area contributed by atoms with Gasteiger partial charge in [0.05, 0.1) is 0 Å². The van der Waals surface area contributed by atoms with Crippen LogP contribution in [0.5, 0.6) is 0 Å². The van der Waals surface area contributed by atoms with Crippen LogP contribution in [0.4, 0.5) is 6.01 Å². The van der Waals surface area contributed by atoms with E-state index in [-0.39, 0.29) is 5.38 Å². The second kappa shape index (κ2) is 5.35.